The molecule has 3 N–H and O–H groups in total. The van der Waals surface area contributed by atoms with Gasteiger partial charge in [0, 0.05) is 22.5 Å². The molecule has 2 rings (SSSR count). The van der Waals surface area contributed by atoms with Crippen molar-refractivity contribution in [2.45, 2.75) is 49.3 Å². The van der Waals surface area contributed by atoms with E-state index in [1.807, 2.05) is 25.1 Å². The molecule has 0 spiro atoms. The van der Waals surface area contributed by atoms with Gasteiger partial charge in [0.1, 0.15) is 0 Å². The molecule has 1 atom stereocenters. The molecule has 0 radical (unpaired) electrons. The first-order valence-electron chi connectivity index (χ1n) is 6.92. The first kappa shape index (κ1) is 16.1. The van der Waals surface area contributed by atoms with Gasteiger partial charge in [-0.05, 0) is 49.2 Å². The molecule has 0 saturated carbocycles. The van der Waals surface area contributed by atoms with Crippen LogP contribution in [-0.4, -0.2) is 20.8 Å². The second kappa shape index (κ2) is 7.15. The summed E-state index contributed by atoms with van der Waals surface area (Å²) in [5.74, 6) is 0. The molecule has 1 unspecified atom stereocenters. The maximum Gasteiger partial charge on any atom is 0.343 e. The Kier molecular flexibility index (Phi) is 5.50. The SMILES string of the molecule is CCC(N)Cc1ccc(Cl)cc1Sc1n[nH]c(=O)n1CC. The van der Waals surface area contributed by atoms with Crippen LogP contribution in [0.3, 0.4) is 0 Å². The number of rotatable bonds is 6. The summed E-state index contributed by atoms with van der Waals surface area (Å²) in [6.45, 7) is 4.55. The smallest absolute Gasteiger partial charge is 0.327 e. The van der Waals surface area contributed by atoms with Gasteiger partial charge in [-0.1, -0.05) is 24.6 Å². The number of hydrogen-bond acceptors (Lipinski definition) is 4. The minimum atomic E-state index is -0.200. The Hall–Kier alpha value is -1.24. The maximum absolute atomic E-state index is 11.6. The van der Waals surface area contributed by atoms with E-state index in [1.165, 1.54) is 11.8 Å². The molecular formula is C14H19ClN4OS. The van der Waals surface area contributed by atoms with Gasteiger partial charge in [0.05, 0.1) is 0 Å². The van der Waals surface area contributed by atoms with E-state index in [-0.39, 0.29) is 11.7 Å². The highest BCUT2D eigenvalue weighted by molar-refractivity contribution is 7.99. The lowest BCUT2D eigenvalue weighted by Gasteiger charge is -2.13. The van der Waals surface area contributed by atoms with Crippen LogP contribution >= 0.6 is 23.4 Å². The first-order valence-corrected chi connectivity index (χ1v) is 8.11. The van der Waals surface area contributed by atoms with Gasteiger partial charge in [-0.2, -0.15) is 0 Å². The molecule has 0 amide bonds. The van der Waals surface area contributed by atoms with Crippen LogP contribution in [0.4, 0.5) is 0 Å². The Morgan fingerprint density at radius 2 is 2.24 bits per heavy atom. The van der Waals surface area contributed by atoms with Crippen LogP contribution in [0.2, 0.25) is 5.02 Å². The molecule has 5 nitrogen and oxygen atoms in total. The van der Waals surface area contributed by atoms with Crippen LogP contribution in [0.25, 0.3) is 0 Å². The average molecular weight is 327 g/mol. The largest absolute Gasteiger partial charge is 0.343 e. The molecule has 0 aliphatic rings. The molecule has 114 valence electrons. The highest BCUT2D eigenvalue weighted by Crippen LogP contribution is 2.31. The Balaban J connectivity index is 2.33. The van der Waals surface area contributed by atoms with Crippen molar-refractivity contribution < 1.29 is 0 Å². The van der Waals surface area contributed by atoms with Crippen molar-refractivity contribution in [2.24, 2.45) is 5.73 Å². The van der Waals surface area contributed by atoms with Crippen molar-refractivity contribution in [2.75, 3.05) is 0 Å². The van der Waals surface area contributed by atoms with Crippen molar-refractivity contribution in [3.63, 3.8) is 0 Å². The summed E-state index contributed by atoms with van der Waals surface area (Å²) in [6.07, 6.45) is 1.69. The Labute approximate surface area is 132 Å². The zero-order chi connectivity index (χ0) is 15.4. The molecule has 1 heterocycles. The third kappa shape index (κ3) is 3.90. The van der Waals surface area contributed by atoms with Crippen molar-refractivity contribution in [3.05, 3.63) is 39.3 Å². The average Bonchev–Trinajstić information content (AvgIpc) is 2.81. The molecule has 7 heteroatoms. The van der Waals surface area contributed by atoms with Crippen LogP contribution in [-0.2, 0) is 13.0 Å². The minimum absolute atomic E-state index is 0.109. The standard InChI is InChI=1S/C14H19ClN4OS/c1-3-11(16)7-9-5-6-10(15)8-12(9)21-14-18-17-13(20)19(14)4-2/h5-6,8,11H,3-4,7,16H2,1-2H3,(H,17,20). The number of benzene rings is 1. The van der Waals surface area contributed by atoms with Gasteiger partial charge >= 0.3 is 5.69 Å². The van der Waals surface area contributed by atoms with Gasteiger partial charge in [-0.15, -0.1) is 5.10 Å². The van der Waals surface area contributed by atoms with Crippen molar-refractivity contribution in [1.82, 2.24) is 14.8 Å². The Morgan fingerprint density at radius 3 is 2.90 bits per heavy atom. The van der Waals surface area contributed by atoms with E-state index in [2.05, 4.69) is 17.1 Å². The number of nitrogens with zero attached hydrogens (tertiary/aromatic N) is 2. The van der Waals surface area contributed by atoms with Crippen LogP contribution in [0.5, 0.6) is 0 Å². The molecule has 1 aromatic heterocycles. The summed E-state index contributed by atoms with van der Waals surface area (Å²) < 4.78 is 1.59. The zero-order valence-electron chi connectivity index (χ0n) is 12.1. The predicted octanol–water partition coefficient (Wildman–Crippen LogP) is 2.68. The Bertz CT molecular complexity index is 667. The van der Waals surface area contributed by atoms with E-state index in [4.69, 9.17) is 17.3 Å². The summed E-state index contributed by atoms with van der Waals surface area (Å²) in [5.41, 5.74) is 6.97. The van der Waals surface area contributed by atoms with Crippen molar-refractivity contribution in [1.29, 1.82) is 0 Å². The number of nitrogens with one attached hydrogen (secondary N) is 1. The molecule has 0 saturated heterocycles. The van der Waals surface area contributed by atoms with Crippen LogP contribution in [0, 0.1) is 0 Å². The van der Waals surface area contributed by atoms with Crippen LogP contribution < -0.4 is 11.4 Å². The summed E-state index contributed by atoms with van der Waals surface area (Å²) in [6, 6.07) is 5.85. The molecule has 2 aromatic rings. The van der Waals surface area contributed by atoms with Crippen LogP contribution in [0.1, 0.15) is 25.8 Å². The summed E-state index contributed by atoms with van der Waals surface area (Å²) in [7, 11) is 0. The number of aromatic nitrogens is 3. The summed E-state index contributed by atoms with van der Waals surface area (Å²) >= 11 is 7.52. The fourth-order valence-corrected chi connectivity index (χ4v) is 3.29. The third-order valence-electron chi connectivity index (χ3n) is 3.28. The lowest BCUT2D eigenvalue weighted by atomic mass is 10.1. The Morgan fingerprint density at radius 1 is 1.48 bits per heavy atom. The van der Waals surface area contributed by atoms with E-state index < -0.39 is 0 Å². The zero-order valence-corrected chi connectivity index (χ0v) is 13.7. The number of hydrogen-bond donors (Lipinski definition) is 2. The molecule has 0 fully saturated rings. The third-order valence-corrected chi connectivity index (χ3v) is 4.61. The molecule has 21 heavy (non-hydrogen) atoms. The van der Waals surface area contributed by atoms with E-state index in [0.717, 1.165) is 23.3 Å². The second-order valence-electron chi connectivity index (χ2n) is 4.78. The van der Waals surface area contributed by atoms with Crippen LogP contribution in [0.15, 0.2) is 33.0 Å². The molecule has 0 aliphatic carbocycles. The number of nitrogens with two attached hydrogens (primary N) is 1. The monoisotopic (exact) mass is 326 g/mol. The molecule has 0 aliphatic heterocycles. The van der Waals surface area contributed by atoms with E-state index in [9.17, 15) is 4.79 Å². The van der Waals surface area contributed by atoms with Gasteiger partial charge in [-0.25, -0.2) is 9.89 Å². The molecule has 0 bridgehead atoms. The van der Waals surface area contributed by atoms with Gasteiger partial charge in [0.15, 0.2) is 5.16 Å². The number of halogens is 1. The van der Waals surface area contributed by atoms with Crippen molar-refractivity contribution >= 4 is 23.4 Å². The van der Waals surface area contributed by atoms with E-state index >= 15 is 0 Å². The fourth-order valence-electron chi connectivity index (χ4n) is 1.98. The highest BCUT2D eigenvalue weighted by Gasteiger charge is 2.13. The first-order chi connectivity index (χ1) is 10.0. The highest BCUT2D eigenvalue weighted by atomic mass is 35.5. The van der Waals surface area contributed by atoms with Gasteiger partial charge in [0.25, 0.3) is 0 Å². The lowest BCUT2D eigenvalue weighted by molar-refractivity contribution is 0.640. The lowest BCUT2D eigenvalue weighted by Crippen LogP contribution is -2.21. The molecular weight excluding hydrogens is 308 g/mol. The predicted molar refractivity (Wildman–Crippen MR) is 86.1 cm³/mol. The van der Waals surface area contributed by atoms with E-state index in [1.54, 1.807) is 4.57 Å². The van der Waals surface area contributed by atoms with Crippen molar-refractivity contribution in [3.8, 4) is 0 Å². The minimum Gasteiger partial charge on any atom is -0.327 e. The van der Waals surface area contributed by atoms with Gasteiger partial charge in [0.2, 0.25) is 0 Å². The summed E-state index contributed by atoms with van der Waals surface area (Å²) in [4.78, 5) is 12.6. The quantitative estimate of drug-likeness (QED) is 0.855. The topological polar surface area (TPSA) is 76.7 Å². The fraction of sp³-hybridized carbons (Fsp3) is 0.429. The summed E-state index contributed by atoms with van der Waals surface area (Å²) in [5, 5.41) is 7.83. The number of aromatic amines is 1. The molecule has 1 aromatic carbocycles. The van der Waals surface area contributed by atoms with Gasteiger partial charge < -0.3 is 5.73 Å². The number of H-pyrrole nitrogens is 1. The van der Waals surface area contributed by atoms with E-state index in [0.29, 0.717) is 16.7 Å². The maximum atomic E-state index is 11.6. The normalized spacial score (nSPS) is 12.6. The van der Waals surface area contributed by atoms with Gasteiger partial charge in [-0.3, -0.25) is 4.57 Å². The second-order valence-corrected chi connectivity index (χ2v) is 6.23.